The van der Waals surface area contributed by atoms with Gasteiger partial charge in [-0.25, -0.2) is 4.98 Å². The van der Waals surface area contributed by atoms with Crippen molar-refractivity contribution in [2.75, 3.05) is 62.7 Å². The maximum Gasteiger partial charge on any atom is 0.304 e. The molecule has 2 aromatic heterocycles. The molecule has 1 aromatic carbocycles. The van der Waals surface area contributed by atoms with Gasteiger partial charge in [-0.05, 0) is 86.0 Å². The number of aliphatic carboxylic acids is 1. The Hall–Kier alpha value is -3.43. The first-order valence-corrected chi connectivity index (χ1v) is 14.7. The van der Waals surface area contributed by atoms with E-state index >= 15 is 0 Å². The molecule has 212 valence electrons. The number of benzene rings is 1. The second-order valence-corrected chi connectivity index (χ2v) is 11.5. The van der Waals surface area contributed by atoms with Gasteiger partial charge in [0, 0.05) is 61.8 Å². The molecule has 0 saturated carbocycles. The van der Waals surface area contributed by atoms with Crippen LogP contribution >= 0.6 is 0 Å². The van der Waals surface area contributed by atoms with Crippen LogP contribution in [0.5, 0.6) is 0 Å². The predicted molar refractivity (Wildman–Crippen MR) is 156 cm³/mol. The average molecular weight is 545 g/mol. The number of carboxylic acids is 1. The summed E-state index contributed by atoms with van der Waals surface area (Å²) in [5, 5.41) is 20.5. The van der Waals surface area contributed by atoms with Crippen molar-refractivity contribution in [2.45, 2.75) is 44.4 Å². The SMILES string of the molecule is O=C(O)C[C@H](CN1CCC(CCc2ccc3c(n2)NCCC3)C1)c1cc(-c2ccn[nH]2)cc(N2CCOCC2)c1. The number of fused-ring (bicyclic) bond motifs is 1. The zero-order valence-electron chi connectivity index (χ0n) is 23.1. The minimum Gasteiger partial charge on any atom is -0.481 e. The van der Waals surface area contributed by atoms with E-state index in [1.807, 2.05) is 6.07 Å². The molecule has 3 N–H and O–H groups in total. The molecule has 0 aliphatic carbocycles. The molecule has 9 heteroatoms. The van der Waals surface area contributed by atoms with Crippen molar-refractivity contribution in [3.8, 4) is 11.3 Å². The molecular weight excluding hydrogens is 504 g/mol. The van der Waals surface area contributed by atoms with Crippen LogP contribution in [0, 0.1) is 5.92 Å². The van der Waals surface area contributed by atoms with Crippen LogP contribution in [0.3, 0.4) is 0 Å². The zero-order chi connectivity index (χ0) is 27.3. The van der Waals surface area contributed by atoms with Crippen LogP contribution < -0.4 is 10.2 Å². The Kier molecular flexibility index (Phi) is 8.29. The summed E-state index contributed by atoms with van der Waals surface area (Å²) in [5.41, 5.74) is 6.68. The highest BCUT2D eigenvalue weighted by atomic mass is 16.5. The molecule has 2 atom stereocenters. The van der Waals surface area contributed by atoms with E-state index in [1.54, 1.807) is 6.20 Å². The number of pyridine rings is 1. The number of rotatable bonds is 10. The van der Waals surface area contributed by atoms with Gasteiger partial charge in [-0.1, -0.05) is 6.07 Å². The summed E-state index contributed by atoms with van der Waals surface area (Å²) >= 11 is 0. The Morgan fingerprint density at radius 3 is 2.88 bits per heavy atom. The third-order valence-electron chi connectivity index (χ3n) is 8.63. The summed E-state index contributed by atoms with van der Waals surface area (Å²) < 4.78 is 5.58. The van der Waals surface area contributed by atoms with Gasteiger partial charge in [-0.3, -0.25) is 9.89 Å². The number of hydrogen-bond donors (Lipinski definition) is 3. The lowest BCUT2D eigenvalue weighted by atomic mass is 9.92. The number of morpholine rings is 1. The van der Waals surface area contributed by atoms with Gasteiger partial charge in [-0.2, -0.15) is 5.10 Å². The number of likely N-dealkylation sites (tertiary alicyclic amines) is 1. The molecule has 6 rings (SSSR count). The summed E-state index contributed by atoms with van der Waals surface area (Å²) in [5.74, 6) is 0.832. The van der Waals surface area contributed by atoms with Crippen molar-refractivity contribution in [3.63, 3.8) is 0 Å². The third-order valence-corrected chi connectivity index (χ3v) is 8.63. The van der Waals surface area contributed by atoms with Crippen molar-refractivity contribution in [3.05, 3.63) is 59.4 Å². The van der Waals surface area contributed by atoms with Crippen LogP contribution in [-0.2, 0) is 22.4 Å². The normalized spacial score (nSPS) is 20.2. The van der Waals surface area contributed by atoms with Crippen LogP contribution in [-0.4, -0.2) is 83.6 Å². The minimum absolute atomic E-state index is 0.0905. The Morgan fingerprint density at radius 2 is 2.05 bits per heavy atom. The fraction of sp³-hybridized carbons (Fsp3) is 0.516. The average Bonchev–Trinajstić information content (AvgIpc) is 3.69. The molecular formula is C31H40N6O3. The van der Waals surface area contributed by atoms with Crippen molar-refractivity contribution >= 4 is 17.5 Å². The Balaban J connectivity index is 1.14. The largest absolute Gasteiger partial charge is 0.481 e. The molecule has 2 fully saturated rings. The van der Waals surface area contributed by atoms with Crippen molar-refractivity contribution in [1.29, 1.82) is 0 Å². The number of nitrogens with zero attached hydrogens (tertiary/aromatic N) is 4. The van der Waals surface area contributed by atoms with E-state index in [1.165, 1.54) is 17.7 Å². The topological polar surface area (TPSA) is 107 Å². The first kappa shape index (κ1) is 26.8. The fourth-order valence-electron chi connectivity index (χ4n) is 6.43. The van der Waals surface area contributed by atoms with Gasteiger partial charge < -0.3 is 25.0 Å². The first-order chi connectivity index (χ1) is 19.6. The molecule has 3 aromatic rings. The molecule has 0 spiro atoms. The lowest BCUT2D eigenvalue weighted by Gasteiger charge is -2.31. The summed E-state index contributed by atoms with van der Waals surface area (Å²) in [6, 6.07) is 12.9. The van der Waals surface area contributed by atoms with E-state index in [-0.39, 0.29) is 12.3 Å². The van der Waals surface area contributed by atoms with Gasteiger partial charge in [-0.15, -0.1) is 0 Å². The van der Waals surface area contributed by atoms with Gasteiger partial charge in [0.15, 0.2) is 0 Å². The van der Waals surface area contributed by atoms with E-state index in [9.17, 15) is 9.90 Å². The lowest BCUT2D eigenvalue weighted by Crippen LogP contribution is -2.36. The molecule has 0 amide bonds. The second-order valence-electron chi connectivity index (χ2n) is 11.5. The van der Waals surface area contributed by atoms with Crippen molar-refractivity contribution < 1.29 is 14.6 Å². The van der Waals surface area contributed by atoms with E-state index in [0.29, 0.717) is 19.1 Å². The first-order valence-electron chi connectivity index (χ1n) is 14.7. The molecule has 3 aliphatic rings. The molecule has 0 bridgehead atoms. The van der Waals surface area contributed by atoms with E-state index in [0.717, 1.165) is 93.3 Å². The molecule has 9 nitrogen and oxygen atoms in total. The number of aromatic nitrogens is 3. The zero-order valence-corrected chi connectivity index (χ0v) is 23.1. The number of nitrogens with one attached hydrogen (secondary N) is 2. The number of hydrogen-bond acceptors (Lipinski definition) is 7. The number of aromatic amines is 1. The van der Waals surface area contributed by atoms with Gasteiger partial charge >= 0.3 is 5.97 Å². The Morgan fingerprint density at radius 1 is 1.15 bits per heavy atom. The second kappa shape index (κ2) is 12.4. The van der Waals surface area contributed by atoms with E-state index in [2.05, 4.69) is 55.6 Å². The van der Waals surface area contributed by atoms with Crippen LogP contribution in [0.15, 0.2) is 42.6 Å². The number of aryl methyl sites for hydroxylation is 2. The maximum atomic E-state index is 12.0. The summed E-state index contributed by atoms with van der Waals surface area (Å²) in [6.45, 7) is 6.85. The highest BCUT2D eigenvalue weighted by Gasteiger charge is 2.28. The number of anilines is 2. The van der Waals surface area contributed by atoms with Gasteiger partial charge in [0.25, 0.3) is 0 Å². The van der Waals surface area contributed by atoms with E-state index < -0.39 is 5.97 Å². The molecule has 0 radical (unpaired) electrons. The number of H-pyrrole nitrogens is 1. The lowest BCUT2D eigenvalue weighted by molar-refractivity contribution is -0.137. The number of ether oxygens (including phenoxy) is 1. The molecule has 2 saturated heterocycles. The van der Waals surface area contributed by atoms with Gasteiger partial charge in [0.05, 0.1) is 25.3 Å². The monoisotopic (exact) mass is 544 g/mol. The maximum absolute atomic E-state index is 12.0. The highest BCUT2D eigenvalue weighted by molar-refractivity contribution is 5.71. The minimum atomic E-state index is -0.757. The van der Waals surface area contributed by atoms with Crippen molar-refractivity contribution in [1.82, 2.24) is 20.1 Å². The van der Waals surface area contributed by atoms with Crippen LogP contribution in [0.4, 0.5) is 11.5 Å². The Bertz CT molecular complexity index is 1290. The number of carbonyl (C=O) groups is 1. The highest BCUT2D eigenvalue weighted by Crippen LogP contribution is 2.33. The van der Waals surface area contributed by atoms with Gasteiger partial charge in [0.1, 0.15) is 5.82 Å². The Labute approximate surface area is 235 Å². The number of carboxylic acid groups (broad SMARTS) is 1. The third kappa shape index (κ3) is 6.47. The summed E-state index contributed by atoms with van der Waals surface area (Å²) in [6.07, 6.45) is 7.41. The van der Waals surface area contributed by atoms with Crippen LogP contribution in [0.25, 0.3) is 11.3 Å². The quantitative estimate of drug-likeness (QED) is 0.349. The fourth-order valence-corrected chi connectivity index (χ4v) is 6.43. The van der Waals surface area contributed by atoms with Crippen molar-refractivity contribution in [2.24, 2.45) is 5.92 Å². The molecule has 5 heterocycles. The van der Waals surface area contributed by atoms with Crippen LogP contribution in [0.1, 0.15) is 48.4 Å². The standard InChI is InChI=1S/C31H40N6O3/c38-30(39)19-26(24-16-25(29-7-10-33-35-29)18-28(17-24)37-12-14-40-15-13-37)21-36-11-8-22(20-36)3-5-27-6-4-23-2-1-9-32-31(23)34-27/h4,6-7,10,16-18,22,26H,1-3,5,8-9,11-15,19-21H2,(H,32,34)(H,33,35)(H,38,39)/t22?,26-/m1/s1. The molecule has 1 unspecified atom stereocenters. The molecule has 3 aliphatic heterocycles. The summed E-state index contributed by atoms with van der Waals surface area (Å²) in [7, 11) is 0. The summed E-state index contributed by atoms with van der Waals surface area (Å²) in [4.78, 5) is 21.7. The smallest absolute Gasteiger partial charge is 0.304 e. The predicted octanol–water partition coefficient (Wildman–Crippen LogP) is 4.18. The van der Waals surface area contributed by atoms with E-state index in [4.69, 9.17) is 9.72 Å². The van der Waals surface area contributed by atoms with Crippen LogP contribution in [0.2, 0.25) is 0 Å². The van der Waals surface area contributed by atoms with Gasteiger partial charge in [0.2, 0.25) is 0 Å². The molecule has 40 heavy (non-hydrogen) atoms.